The molecule has 0 amide bonds. The van der Waals surface area contributed by atoms with Crippen LogP contribution in [-0.2, 0) is 0 Å². The van der Waals surface area contributed by atoms with E-state index in [1.54, 1.807) is 18.6 Å². The Morgan fingerprint density at radius 3 is 2.56 bits per heavy atom. The minimum atomic E-state index is 0.156. The highest BCUT2D eigenvalue weighted by Gasteiger charge is 2.04. The Bertz CT molecular complexity index is 1110. The summed E-state index contributed by atoms with van der Waals surface area (Å²) in [7, 11) is 0. The molecule has 0 fully saturated rings. The predicted molar refractivity (Wildman–Crippen MR) is 133 cm³/mol. The van der Waals surface area contributed by atoms with Crippen LogP contribution in [0.2, 0.25) is 0 Å². The lowest BCUT2D eigenvalue weighted by Crippen LogP contribution is -2.06. The van der Waals surface area contributed by atoms with Crippen molar-refractivity contribution in [2.45, 2.75) is 26.9 Å². The zero-order valence-corrected chi connectivity index (χ0v) is 18.7. The van der Waals surface area contributed by atoms with Gasteiger partial charge in [0.05, 0.1) is 6.10 Å². The molecule has 1 aromatic heterocycles. The Kier molecular flexibility index (Phi) is 8.15. The van der Waals surface area contributed by atoms with E-state index in [1.807, 2.05) is 93.6 Å². The van der Waals surface area contributed by atoms with E-state index in [4.69, 9.17) is 9.47 Å². The van der Waals surface area contributed by atoms with Crippen LogP contribution in [0.25, 0.3) is 11.6 Å². The minimum absolute atomic E-state index is 0.156. The van der Waals surface area contributed by atoms with E-state index >= 15 is 0 Å². The summed E-state index contributed by atoms with van der Waals surface area (Å²) in [6.45, 7) is 10.2. The SMILES string of the molecule is C=C(\C=C/C=N/C=C/c1ccc(Oc2ccccc2)nc1)c1ccc(OC(C)C)c(C)c1. The number of aromatic nitrogens is 1. The van der Waals surface area contributed by atoms with Crippen LogP contribution in [0.4, 0.5) is 0 Å². The van der Waals surface area contributed by atoms with Crippen LogP contribution in [0.3, 0.4) is 0 Å². The zero-order chi connectivity index (χ0) is 22.8. The van der Waals surface area contributed by atoms with Gasteiger partial charge in [0.15, 0.2) is 0 Å². The summed E-state index contributed by atoms with van der Waals surface area (Å²) < 4.78 is 11.5. The molecule has 0 N–H and O–H groups in total. The number of aryl methyl sites for hydroxylation is 1. The van der Waals surface area contributed by atoms with Gasteiger partial charge in [-0.1, -0.05) is 36.9 Å². The number of hydrogen-bond acceptors (Lipinski definition) is 4. The fourth-order valence-corrected chi connectivity index (χ4v) is 2.88. The van der Waals surface area contributed by atoms with E-state index in [0.717, 1.165) is 33.8 Å². The number of ether oxygens (including phenoxy) is 2. The maximum absolute atomic E-state index is 5.79. The summed E-state index contributed by atoms with van der Waals surface area (Å²) in [4.78, 5) is 8.59. The van der Waals surface area contributed by atoms with Crippen molar-refractivity contribution in [2.75, 3.05) is 0 Å². The van der Waals surface area contributed by atoms with Gasteiger partial charge in [-0.25, -0.2) is 4.98 Å². The number of aliphatic imine (C=N–C) groups is 1. The van der Waals surface area contributed by atoms with Crippen LogP contribution in [-0.4, -0.2) is 17.3 Å². The highest BCUT2D eigenvalue weighted by molar-refractivity contribution is 5.81. The molecule has 3 aromatic rings. The summed E-state index contributed by atoms with van der Waals surface area (Å²) in [6, 6.07) is 19.4. The van der Waals surface area contributed by atoms with Crippen molar-refractivity contribution in [3.8, 4) is 17.4 Å². The minimum Gasteiger partial charge on any atom is -0.491 e. The van der Waals surface area contributed by atoms with E-state index < -0.39 is 0 Å². The van der Waals surface area contributed by atoms with Crippen molar-refractivity contribution in [1.82, 2.24) is 4.98 Å². The van der Waals surface area contributed by atoms with Gasteiger partial charge in [0.2, 0.25) is 5.88 Å². The predicted octanol–water partition coefficient (Wildman–Crippen LogP) is 7.28. The monoisotopic (exact) mass is 424 g/mol. The number of allylic oxidation sites excluding steroid dienone is 3. The third-order valence-corrected chi connectivity index (χ3v) is 4.46. The van der Waals surface area contributed by atoms with Crippen LogP contribution in [0, 0.1) is 6.92 Å². The average molecular weight is 425 g/mol. The van der Waals surface area contributed by atoms with E-state index in [-0.39, 0.29) is 6.10 Å². The number of nitrogens with zero attached hydrogens (tertiary/aromatic N) is 2. The maximum Gasteiger partial charge on any atom is 0.219 e. The molecule has 0 bridgehead atoms. The molecular weight excluding hydrogens is 396 g/mol. The first-order chi connectivity index (χ1) is 15.5. The van der Waals surface area contributed by atoms with E-state index in [2.05, 4.69) is 22.6 Å². The molecule has 2 aromatic carbocycles. The molecule has 0 aliphatic heterocycles. The number of pyridine rings is 1. The number of para-hydroxylation sites is 1. The lowest BCUT2D eigenvalue weighted by Gasteiger charge is -2.13. The molecule has 162 valence electrons. The van der Waals surface area contributed by atoms with Crippen LogP contribution in [0.15, 0.2) is 96.8 Å². The summed E-state index contributed by atoms with van der Waals surface area (Å²) in [5, 5.41) is 0. The van der Waals surface area contributed by atoms with Crippen LogP contribution >= 0.6 is 0 Å². The molecule has 0 saturated carbocycles. The highest BCUT2D eigenvalue weighted by atomic mass is 16.5. The Balaban J connectivity index is 1.50. The first-order valence-corrected chi connectivity index (χ1v) is 10.5. The van der Waals surface area contributed by atoms with Crippen molar-refractivity contribution < 1.29 is 9.47 Å². The van der Waals surface area contributed by atoms with Gasteiger partial charge >= 0.3 is 0 Å². The highest BCUT2D eigenvalue weighted by Crippen LogP contribution is 2.24. The lowest BCUT2D eigenvalue weighted by atomic mass is 10.0. The Labute approximate surface area is 190 Å². The molecule has 0 aliphatic carbocycles. The topological polar surface area (TPSA) is 43.7 Å². The Hall–Kier alpha value is -3.92. The fraction of sp³-hybridized carbons (Fsp3) is 0.143. The quantitative estimate of drug-likeness (QED) is 0.268. The molecule has 1 heterocycles. The van der Waals surface area contributed by atoms with E-state index in [9.17, 15) is 0 Å². The van der Waals surface area contributed by atoms with Gasteiger partial charge in [0, 0.05) is 24.7 Å². The molecule has 0 aliphatic rings. The third-order valence-electron chi connectivity index (χ3n) is 4.46. The standard InChI is InChI=1S/C28H28N2O2/c1-21(2)31-27-14-13-25(19-23(27)4)22(3)9-8-17-29-18-16-24-12-15-28(30-20-24)32-26-10-6-5-7-11-26/h5-21H,3H2,1-2,4H3/b9-8-,18-16+,29-17+. The number of hydrogen-bond donors (Lipinski definition) is 0. The lowest BCUT2D eigenvalue weighted by molar-refractivity contribution is 0.241. The van der Waals surface area contributed by atoms with Gasteiger partial charge in [-0.2, -0.15) is 0 Å². The second-order valence-electron chi connectivity index (χ2n) is 7.49. The molecular formula is C28H28N2O2. The molecule has 4 nitrogen and oxygen atoms in total. The van der Waals surface area contributed by atoms with Crippen LogP contribution in [0.5, 0.6) is 17.4 Å². The largest absolute Gasteiger partial charge is 0.491 e. The smallest absolute Gasteiger partial charge is 0.219 e. The summed E-state index contributed by atoms with van der Waals surface area (Å²) in [5.74, 6) is 2.22. The van der Waals surface area contributed by atoms with Gasteiger partial charge in [-0.15, -0.1) is 0 Å². The molecule has 0 radical (unpaired) electrons. The van der Waals surface area contributed by atoms with Crippen molar-refractivity contribution in [1.29, 1.82) is 0 Å². The third kappa shape index (κ3) is 7.10. The number of rotatable bonds is 9. The molecule has 0 saturated heterocycles. The van der Waals surface area contributed by atoms with Gasteiger partial charge in [0.25, 0.3) is 0 Å². The first-order valence-electron chi connectivity index (χ1n) is 10.5. The summed E-state index contributed by atoms with van der Waals surface area (Å²) in [5.41, 5.74) is 4.01. The fourth-order valence-electron chi connectivity index (χ4n) is 2.88. The molecule has 0 atom stereocenters. The molecule has 32 heavy (non-hydrogen) atoms. The van der Waals surface area contributed by atoms with E-state index in [1.165, 1.54) is 0 Å². The second-order valence-corrected chi connectivity index (χ2v) is 7.49. The normalized spacial score (nSPS) is 11.6. The van der Waals surface area contributed by atoms with Crippen molar-refractivity contribution in [2.24, 2.45) is 4.99 Å². The van der Waals surface area contributed by atoms with Gasteiger partial charge in [-0.05, 0) is 85.5 Å². The molecule has 4 heteroatoms. The molecule has 0 unspecified atom stereocenters. The van der Waals surface area contributed by atoms with Crippen LogP contribution < -0.4 is 9.47 Å². The summed E-state index contributed by atoms with van der Waals surface area (Å²) >= 11 is 0. The molecule has 0 spiro atoms. The first kappa shape index (κ1) is 22.8. The Morgan fingerprint density at radius 2 is 1.88 bits per heavy atom. The number of benzene rings is 2. The zero-order valence-electron chi connectivity index (χ0n) is 18.7. The average Bonchev–Trinajstić information content (AvgIpc) is 2.79. The Morgan fingerprint density at radius 1 is 1.06 bits per heavy atom. The molecule has 3 rings (SSSR count). The second kappa shape index (κ2) is 11.5. The van der Waals surface area contributed by atoms with Crippen molar-refractivity contribution in [3.05, 3.63) is 108 Å². The van der Waals surface area contributed by atoms with Gasteiger partial charge in [-0.3, -0.25) is 4.99 Å². The maximum atomic E-state index is 5.79. The van der Waals surface area contributed by atoms with Crippen molar-refractivity contribution >= 4 is 17.9 Å². The van der Waals surface area contributed by atoms with Gasteiger partial charge < -0.3 is 9.47 Å². The van der Waals surface area contributed by atoms with E-state index in [0.29, 0.717) is 5.88 Å². The van der Waals surface area contributed by atoms with Crippen LogP contribution in [0.1, 0.15) is 30.5 Å². The van der Waals surface area contributed by atoms with Gasteiger partial charge in [0.1, 0.15) is 11.5 Å². The summed E-state index contributed by atoms with van der Waals surface area (Å²) in [6.07, 6.45) is 11.0. The van der Waals surface area contributed by atoms with Crippen molar-refractivity contribution in [3.63, 3.8) is 0 Å².